The molecule has 4 N–H and O–H groups in total. The number of rotatable bonds is 0. The molecule has 0 radical (unpaired) electrons. The van der Waals surface area contributed by atoms with E-state index in [9.17, 15) is 0 Å². The largest absolute Gasteiger partial charge is 0.396 e. The lowest BCUT2D eigenvalue weighted by Crippen LogP contribution is -2.11. The molecule has 0 atom stereocenters. The fourth-order valence-electron chi connectivity index (χ4n) is 1.69. The highest BCUT2D eigenvalue weighted by Crippen LogP contribution is 2.30. The highest BCUT2D eigenvalue weighted by molar-refractivity contribution is 5.95. The number of aromatic nitrogens is 1. The third kappa shape index (κ3) is 1.69. The zero-order valence-electron chi connectivity index (χ0n) is 9.91. The minimum Gasteiger partial charge on any atom is -0.396 e. The van der Waals surface area contributed by atoms with Gasteiger partial charge in [0, 0.05) is 5.39 Å². The summed E-state index contributed by atoms with van der Waals surface area (Å²) >= 11 is 0. The quantitative estimate of drug-likeness (QED) is 0.710. The molecule has 16 heavy (non-hydrogen) atoms. The number of nitrogens with two attached hydrogens (primary N) is 2. The highest BCUT2D eigenvalue weighted by atomic mass is 14.8. The van der Waals surface area contributed by atoms with Gasteiger partial charge < -0.3 is 11.5 Å². The maximum Gasteiger partial charge on any atom is 0.0740 e. The lowest BCUT2D eigenvalue weighted by atomic mass is 9.86. The minimum atomic E-state index is 0.102. The van der Waals surface area contributed by atoms with Gasteiger partial charge in [0.25, 0.3) is 0 Å². The first-order valence-electron chi connectivity index (χ1n) is 5.34. The van der Waals surface area contributed by atoms with Crippen molar-refractivity contribution < 1.29 is 0 Å². The fraction of sp³-hybridized carbons (Fsp3) is 0.308. The van der Waals surface area contributed by atoms with E-state index in [-0.39, 0.29) is 5.41 Å². The summed E-state index contributed by atoms with van der Waals surface area (Å²) in [5.74, 6) is 0. The highest BCUT2D eigenvalue weighted by Gasteiger charge is 2.14. The average Bonchev–Trinajstić information content (AvgIpc) is 2.22. The second-order valence-corrected chi connectivity index (χ2v) is 5.11. The molecule has 0 unspecified atom stereocenters. The second-order valence-electron chi connectivity index (χ2n) is 5.11. The Morgan fingerprint density at radius 1 is 1.12 bits per heavy atom. The van der Waals surface area contributed by atoms with Crippen LogP contribution in [0.25, 0.3) is 10.9 Å². The van der Waals surface area contributed by atoms with Gasteiger partial charge >= 0.3 is 0 Å². The van der Waals surface area contributed by atoms with Crippen LogP contribution in [-0.2, 0) is 5.41 Å². The molecule has 3 heteroatoms. The molecule has 0 aliphatic rings. The van der Waals surface area contributed by atoms with Crippen LogP contribution in [0, 0.1) is 0 Å². The van der Waals surface area contributed by atoms with Gasteiger partial charge in [-0.15, -0.1) is 0 Å². The smallest absolute Gasteiger partial charge is 0.0740 e. The first-order chi connectivity index (χ1) is 7.39. The molecule has 0 bridgehead atoms. The van der Waals surface area contributed by atoms with Crippen LogP contribution in [-0.4, -0.2) is 4.98 Å². The third-order valence-corrected chi connectivity index (χ3v) is 2.81. The first-order valence-corrected chi connectivity index (χ1v) is 5.34. The first kappa shape index (κ1) is 10.7. The van der Waals surface area contributed by atoms with E-state index in [0.717, 1.165) is 10.9 Å². The van der Waals surface area contributed by atoms with Gasteiger partial charge in [0.2, 0.25) is 0 Å². The number of anilines is 2. The average molecular weight is 215 g/mol. The Hall–Kier alpha value is -1.77. The van der Waals surface area contributed by atoms with Crippen molar-refractivity contribution in [3.8, 4) is 0 Å². The molecular weight excluding hydrogens is 198 g/mol. The van der Waals surface area contributed by atoms with E-state index in [2.05, 4.69) is 37.9 Å². The van der Waals surface area contributed by atoms with Crippen LogP contribution in [0.2, 0.25) is 0 Å². The maximum absolute atomic E-state index is 5.97. The molecule has 0 saturated heterocycles. The molecule has 0 spiro atoms. The zero-order valence-corrected chi connectivity index (χ0v) is 9.91. The predicted molar refractivity (Wildman–Crippen MR) is 69.3 cm³/mol. The molecule has 0 aliphatic heterocycles. The van der Waals surface area contributed by atoms with Crippen molar-refractivity contribution in [1.82, 2.24) is 4.98 Å². The Kier molecular flexibility index (Phi) is 2.26. The molecule has 84 valence electrons. The van der Waals surface area contributed by atoms with Gasteiger partial charge in [-0.25, -0.2) is 0 Å². The number of fused-ring (bicyclic) bond motifs is 1. The van der Waals surface area contributed by atoms with Crippen LogP contribution in [0.4, 0.5) is 11.4 Å². The monoisotopic (exact) mass is 215 g/mol. The van der Waals surface area contributed by atoms with Crippen molar-refractivity contribution in [1.29, 1.82) is 0 Å². The topological polar surface area (TPSA) is 64.9 Å². The van der Waals surface area contributed by atoms with Gasteiger partial charge in [0.05, 0.1) is 23.1 Å². The molecule has 0 aliphatic carbocycles. The molecule has 1 heterocycles. The fourth-order valence-corrected chi connectivity index (χ4v) is 1.69. The van der Waals surface area contributed by atoms with Gasteiger partial charge in [-0.2, -0.15) is 0 Å². The summed E-state index contributed by atoms with van der Waals surface area (Å²) in [6.07, 6.45) is 1.61. The van der Waals surface area contributed by atoms with Gasteiger partial charge in [0.15, 0.2) is 0 Å². The minimum absolute atomic E-state index is 0.102. The van der Waals surface area contributed by atoms with Gasteiger partial charge in [-0.3, -0.25) is 4.98 Å². The Balaban J connectivity index is 2.74. The number of hydrogen-bond acceptors (Lipinski definition) is 3. The summed E-state index contributed by atoms with van der Waals surface area (Å²) in [7, 11) is 0. The van der Waals surface area contributed by atoms with Crippen molar-refractivity contribution in [2.45, 2.75) is 26.2 Å². The van der Waals surface area contributed by atoms with Gasteiger partial charge in [-0.1, -0.05) is 26.8 Å². The number of nitrogen functional groups attached to an aromatic ring is 2. The van der Waals surface area contributed by atoms with Crippen molar-refractivity contribution in [2.24, 2.45) is 0 Å². The molecule has 2 aromatic rings. The SMILES string of the molecule is CC(C)(C)c1ccc2ncc(N)c(N)c2c1. The number of benzene rings is 1. The van der Waals surface area contributed by atoms with E-state index in [0.29, 0.717) is 11.4 Å². The van der Waals surface area contributed by atoms with E-state index in [1.54, 1.807) is 6.20 Å². The lowest BCUT2D eigenvalue weighted by molar-refractivity contribution is 0.591. The molecule has 2 rings (SSSR count). The number of nitrogens with zero attached hydrogens (tertiary/aromatic N) is 1. The molecule has 1 aromatic heterocycles. The zero-order chi connectivity index (χ0) is 11.9. The van der Waals surface area contributed by atoms with Crippen LogP contribution in [0.15, 0.2) is 24.4 Å². The van der Waals surface area contributed by atoms with Crippen molar-refractivity contribution in [3.05, 3.63) is 30.0 Å². The van der Waals surface area contributed by atoms with Crippen LogP contribution in [0.5, 0.6) is 0 Å². The summed E-state index contributed by atoms with van der Waals surface area (Å²) in [6.45, 7) is 6.51. The van der Waals surface area contributed by atoms with E-state index in [4.69, 9.17) is 11.5 Å². The Morgan fingerprint density at radius 2 is 1.81 bits per heavy atom. The van der Waals surface area contributed by atoms with E-state index in [1.165, 1.54) is 5.56 Å². The normalized spacial score (nSPS) is 11.9. The summed E-state index contributed by atoms with van der Waals surface area (Å²) in [6, 6.07) is 6.16. The standard InChI is InChI=1S/C13H17N3/c1-13(2,3)8-4-5-11-9(6-8)12(15)10(14)7-16-11/h4-7H,14H2,1-3H3,(H2,15,16). The number of pyridine rings is 1. The third-order valence-electron chi connectivity index (χ3n) is 2.81. The molecule has 3 nitrogen and oxygen atoms in total. The van der Waals surface area contributed by atoms with Gasteiger partial charge in [-0.05, 0) is 23.1 Å². The molecule has 0 fully saturated rings. The van der Waals surface area contributed by atoms with E-state index < -0.39 is 0 Å². The predicted octanol–water partition coefficient (Wildman–Crippen LogP) is 2.70. The van der Waals surface area contributed by atoms with E-state index in [1.807, 2.05) is 6.07 Å². The second kappa shape index (κ2) is 3.37. The lowest BCUT2D eigenvalue weighted by Gasteiger charge is -2.19. The summed E-state index contributed by atoms with van der Waals surface area (Å²) in [5.41, 5.74) is 15.1. The Bertz CT molecular complexity index is 539. The number of hydrogen-bond donors (Lipinski definition) is 2. The van der Waals surface area contributed by atoms with Crippen LogP contribution >= 0.6 is 0 Å². The van der Waals surface area contributed by atoms with Crippen LogP contribution in [0.3, 0.4) is 0 Å². The molecule has 0 saturated carbocycles. The Morgan fingerprint density at radius 3 is 2.44 bits per heavy atom. The molecule has 1 aromatic carbocycles. The van der Waals surface area contributed by atoms with Crippen LogP contribution in [0.1, 0.15) is 26.3 Å². The molecular formula is C13H17N3. The summed E-state index contributed by atoms with van der Waals surface area (Å²) in [4.78, 5) is 4.26. The van der Waals surface area contributed by atoms with Crippen molar-refractivity contribution >= 4 is 22.3 Å². The van der Waals surface area contributed by atoms with Crippen molar-refractivity contribution in [3.63, 3.8) is 0 Å². The van der Waals surface area contributed by atoms with Gasteiger partial charge in [0.1, 0.15) is 0 Å². The summed E-state index contributed by atoms with van der Waals surface area (Å²) in [5, 5.41) is 0.937. The summed E-state index contributed by atoms with van der Waals surface area (Å²) < 4.78 is 0. The van der Waals surface area contributed by atoms with E-state index >= 15 is 0 Å². The molecule has 0 amide bonds. The van der Waals surface area contributed by atoms with Crippen LogP contribution < -0.4 is 11.5 Å². The Labute approximate surface area is 95.5 Å². The maximum atomic E-state index is 5.97. The van der Waals surface area contributed by atoms with Crippen molar-refractivity contribution in [2.75, 3.05) is 11.5 Å².